The SMILES string of the molecule is COc1ccc(NC(=O)C(=O)N/N=C/c2cccc(OCc3ccc(Cl)cc3)c2)cc1. The lowest BCUT2D eigenvalue weighted by Crippen LogP contribution is -2.32. The van der Waals surface area contributed by atoms with Gasteiger partial charge in [0.2, 0.25) is 0 Å². The van der Waals surface area contributed by atoms with Crippen LogP contribution in [-0.2, 0) is 16.2 Å². The fraction of sp³-hybridized carbons (Fsp3) is 0.0870. The molecule has 0 heterocycles. The Hall–Kier alpha value is -3.84. The zero-order chi connectivity index (χ0) is 22.1. The summed E-state index contributed by atoms with van der Waals surface area (Å²) < 4.78 is 10.8. The van der Waals surface area contributed by atoms with Crippen molar-refractivity contribution in [2.24, 2.45) is 5.10 Å². The smallest absolute Gasteiger partial charge is 0.329 e. The van der Waals surface area contributed by atoms with E-state index < -0.39 is 11.8 Å². The lowest BCUT2D eigenvalue weighted by molar-refractivity contribution is -0.136. The zero-order valence-electron chi connectivity index (χ0n) is 16.7. The molecule has 31 heavy (non-hydrogen) atoms. The van der Waals surface area contributed by atoms with E-state index >= 15 is 0 Å². The fourth-order valence-corrected chi connectivity index (χ4v) is 2.64. The Labute approximate surface area is 184 Å². The predicted molar refractivity (Wildman–Crippen MR) is 120 cm³/mol. The lowest BCUT2D eigenvalue weighted by Gasteiger charge is -2.07. The number of anilines is 1. The van der Waals surface area contributed by atoms with Crippen LogP contribution in [0.5, 0.6) is 11.5 Å². The molecular formula is C23H20ClN3O4. The van der Waals surface area contributed by atoms with Gasteiger partial charge in [-0.2, -0.15) is 5.10 Å². The summed E-state index contributed by atoms with van der Waals surface area (Å²) in [6.45, 7) is 0.389. The van der Waals surface area contributed by atoms with Crippen molar-refractivity contribution in [3.8, 4) is 11.5 Å². The number of hydrazone groups is 1. The Balaban J connectivity index is 1.50. The van der Waals surface area contributed by atoms with Crippen molar-refractivity contribution < 1.29 is 19.1 Å². The van der Waals surface area contributed by atoms with Crippen molar-refractivity contribution in [1.29, 1.82) is 0 Å². The maximum absolute atomic E-state index is 11.9. The molecule has 0 aliphatic rings. The van der Waals surface area contributed by atoms with Gasteiger partial charge in [-0.25, -0.2) is 5.43 Å². The summed E-state index contributed by atoms with van der Waals surface area (Å²) in [5, 5.41) is 6.97. The van der Waals surface area contributed by atoms with Gasteiger partial charge in [-0.1, -0.05) is 35.9 Å². The summed E-state index contributed by atoms with van der Waals surface area (Å²) in [6, 6.07) is 21.2. The highest BCUT2D eigenvalue weighted by atomic mass is 35.5. The second-order valence-corrected chi connectivity index (χ2v) is 6.81. The summed E-state index contributed by atoms with van der Waals surface area (Å²) in [5.74, 6) is -0.432. The highest BCUT2D eigenvalue weighted by Gasteiger charge is 2.12. The summed E-state index contributed by atoms with van der Waals surface area (Å²) >= 11 is 5.88. The van der Waals surface area contributed by atoms with Crippen LogP contribution in [0.3, 0.4) is 0 Å². The lowest BCUT2D eigenvalue weighted by atomic mass is 10.2. The van der Waals surface area contributed by atoms with E-state index in [0.717, 1.165) is 5.56 Å². The summed E-state index contributed by atoms with van der Waals surface area (Å²) in [7, 11) is 1.54. The van der Waals surface area contributed by atoms with Crippen LogP contribution in [0.25, 0.3) is 0 Å². The van der Waals surface area contributed by atoms with Crippen LogP contribution in [0.2, 0.25) is 5.02 Å². The molecule has 0 aliphatic heterocycles. The first-order valence-corrected chi connectivity index (χ1v) is 9.67. The number of benzene rings is 3. The van der Waals surface area contributed by atoms with Gasteiger partial charge in [0.05, 0.1) is 13.3 Å². The molecule has 3 rings (SSSR count). The van der Waals surface area contributed by atoms with Crippen LogP contribution in [0.15, 0.2) is 77.9 Å². The molecule has 2 N–H and O–H groups in total. The van der Waals surface area contributed by atoms with Crippen molar-refractivity contribution in [2.75, 3.05) is 12.4 Å². The number of hydrogen-bond acceptors (Lipinski definition) is 5. The largest absolute Gasteiger partial charge is 0.497 e. The van der Waals surface area contributed by atoms with Gasteiger partial charge in [-0.15, -0.1) is 0 Å². The van der Waals surface area contributed by atoms with Gasteiger partial charge in [0, 0.05) is 10.7 Å². The maximum Gasteiger partial charge on any atom is 0.329 e. The average molecular weight is 438 g/mol. The Bertz CT molecular complexity index is 1070. The molecule has 158 valence electrons. The molecule has 8 heteroatoms. The Morgan fingerprint density at radius 1 is 0.968 bits per heavy atom. The normalized spacial score (nSPS) is 10.5. The fourth-order valence-electron chi connectivity index (χ4n) is 2.51. The Kier molecular flexibility index (Phi) is 7.61. The van der Waals surface area contributed by atoms with E-state index in [-0.39, 0.29) is 0 Å². The third kappa shape index (κ3) is 6.87. The minimum absolute atomic E-state index is 0.389. The molecule has 0 atom stereocenters. The predicted octanol–water partition coefficient (Wildman–Crippen LogP) is 4.02. The molecule has 3 aromatic carbocycles. The first kappa shape index (κ1) is 21.9. The van der Waals surface area contributed by atoms with Gasteiger partial charge in [0.15, 0.2) is 0 Å². The van der Waals surface area contributed by atoms with E-state index in [1.165, 1.54) is 6.21 Å². The second kappa shape index (κ2) is 10.8. The maximum atomic E-state index is 11.9. The standard InChI is InChI=1S/C23H20ClN3O4/c1-30-20-11-9-19(10-12-20)26-22(28)23(29)27-25-14-17-3-2-4-21(13-17)31-15-16-5-7-18(24)8-6-16/h2-14H,15H2,1H3,(H,26,28)(H,27,29)/b25-14+. The molecule has 0 spiro atoms. The van der Waals surface area contributed by atoms with Crippen molar-refractivity contribution in [3.63, 3.8) is 0 Å². The van der Waals surface area contributed by atoms with E-state index in [1.807, 2.05) is 18.2 Å². The Morgan fingerprint density at radius 3 is 2.42 bits per heavy atom. The minimum atomic E-state index is -0.887. The molecule has 0 saturated carbocycles. The molecule has 0 saturated heterocycles. The van der Waals surface area contributed by atoms with Gasteiger partial charge >= 0.3 is 11.8 Å². The number of methoxy groups -OCH3 is 1. The number of halogens is 1. The van der Waals surface area contributed by atoms with Crippen molar-refractivity contribution >= 4 is 35.3 Å². The van der Waals surface area contributed by atoms with Gasteiger partial charge in [-0.05, 0) is 59.7 Å². The Morgan fingerprint density at radius 2 is 1.71 bits per heavy atom. The zero-order valence-corrected chi connectivity index (χ0v) is 17.4. The molecule has 3 aromatic rings. The number of nitrogens with zero attached hydrogens (tertiary/aromatic N) is 1. The highest BCUT2D eigenvalue weighted by Crippen LogP contribution is 2.16. The van der Waals surface area contributed by atoms with Crippen LogP contribution in [0.1, 0.15) is 11.1 Å². The van der Waals surface area contributed by atoms with E-state index in [1.54, 1.807) is 61.7 Å². The summed E-state index contributed by atoms with van der Waals surface area (Å²) in [4.78, 5) is 23.9. The van der Waals surface area contributed by atoms with E-state index in [2.05, 4.69) is 15.8 Å². The van der Waals surface area contributed by atoms with Gasteiger partial charge in [0.1, 0.15) is 18.1 Å². The van der Waals surface area contributed by atoms with E-state index in [0.29, 0.717) is 34.4 Å². The molecule has 0 aromatic heterocycles. The topological polar surface area (TPSA) is 89.0 Å². The van der Waals surface area contributed by atoms with E-state index in [9.17, 15) is 9.59 Å². The number of rotatable bonds is 7. The van der Waals surface area contributed by atoms with E-state index in [4.69, 9.17) is 21.1 Å². The third-order valence-corrected chi connectivity index (χ3v) is 4.36. The van der Waals surface area contributed by atoms with Crippen molar-refractivity contribution in [3.05, 3.63) is 88.9 Å². The molecule has 0 aliphatic carbocycles. The van der Waals surface area contributed by atoms with Gasteiger partial charge < -0.3 is 14.8 Å². The van der Waals surface area contributed by atoms with Crippen LogP contribution in [0, 0.1) is 0 Å². The first-order valence-electron chi connectivity index (χ1n) is 9.29. The molecule has 2 amide bonds. The van der Waals surface area contributed by atoms with Gasteiger partial charge in [-0.3, -0.25) is 9.59 Å². The number of hydrogen-bond donors (Lipinski definition) is 2. The highest BCUT2D eigenvalue weighted by molar-refractivity contribution is 6.39. The molecule has 0 fully saturated rings. The average Bonchev–Trinajstić information content (AvgIpc) is 2.79. The monoisotopic (exact) mass is 437 g/mol. The number of nitrogens with one attached hydrogen (secondary N) is 2. The van der Waals surface area contributed by atoms with Crippen LogP contribution in [-0.4, -0.2) is 25.1 Å². The molecule has 7 nitrogen and oxygen atoms in total. The summed E-state index contributed by atoms with van der Waals surface area (Å²) in [6.07, 6.45) is 1.42. The number of ether oxygens (including phenoxy) is 2. The number of carbonyl (C=O) groups is 2. The third-order valence-electron chi connectivity index (χ3n) is 4.11. The molecule has 0 unspecified atom stereocenters. The first-order chi connectivity index (χ1) is 15.0. The van der Waals surface area contributed by atoms with Crippen LogP contribution in [0.4, 0.5) is 5.69 Å². The minimum Gasteiger partial charge on any atom is -0.497 e. The van der Waals surface area contributed by atoms with Crippen LogP contribution < -0.4 is 20.2 Å². The molecular weight excluding hydrogens is 418 g/mol. The van der Waals surface area contributed by atoms with Crippen molar-refractivity contribution in [2.45, 2.75) is 6.61 Å². The number of carbonyl (C=O) groups excluding carboxylic acids is 2. The van der Waals surface area contributed by atoms with Gasteiger partial charge in [0.25, 0.3) is 0 Å². The van der Waals surface area contributed by atoms with Crippen LogP contribution >= 0.6 is 11.6 Å². The quantitative estimate of drug-likeness (QED) is 0.332. The number of amides is 2. The molecule has 0 radical (unpaired) electrons. The molecule has 0 bridgehead atoms. The summed E-state index contributed by atoms with van der Waals surface area (Å²) in [5.41, 5.74) is 4.35. The van der Waals surface area contributed by atoms with Crippen molar-refractivity contribution in [1.82, 2.24) is 5.43 Å². The second-order valence-electron chi connectivity index (χ2n) is 6.37.